The van der Waals surface area contributed by atoms with Gasteiger partial charge >= 0.3 is 0 Å². The molecule has 0 saturated carbocycles. The monoisotopic (exact) mass is 278 g/mol. The minimum atomic E-state index is -0.482. The molecule has 1 saturated heterocycles. The number of piperidine rings is 1. The molecule has 1 aromatic heterocycles. The Kier molecular flexibility index (Phi) is 4.49. The van der Waals surface area contributed by atoms with Crippen molar-refractivity contribution in [2.45, 2.75) is 32.2 Å². The Hall–Kier alpha value is -2.18. The predicted molar refractivity (Wildman–Crippen MR) is 74.4 cm³/mol. The van der Waals surface area contributed by atoms with Crippen LogP contribution in [0, 0.1) is 10.1 Å². The quantitative estimate of drug-likeness (QED) is 0.670. The first-order chi connectivity index (χ1) is 9.58. The first kappa shape index (κ1) is 14.2. The number of nitrogens with one attached hydrogen (secondary N) is 1. The Morgan fingerprint density at radius 1 is 1.45 bits per heavy atom. The van der Waals surface area contributed by atoms with Crippen LogP contribution in [0.5, 0.6) is 0 Å². The number of likely N-dealkylation sites (tertiary alicyclic amines) is 1. The third-order valence-electron chi connectivity index (χ3n) is 3.36. The van der Waals surface area contributed by atoms with Gasteiger partial charge < -0.3 is 10.2 Å². The highest BCUT2D eigenvalue weighted by Crippen LogP contribution is 2.16. The fraction of sp³-hybridized carbons (Fsp3) is 0.538. The minimum absolute atomic E-state index is 0.0120. The maximum Gasteiger partial charge on any atom is 0.274 e. The van der Waals surface area contributed by atoms with E-state index in [9.17, 15) is 14.9 Å². The summed E-state index contributed by atoms with van der Waals surface area (Å²) in [7, 11) is 0. The van der Waals surface area contributed by atoms with Crippen molar-refractivity contribution in [3.05, 3.63) is 28.4 Å². The molecule has 7 nitrogen and oxygen atoms in total. The van der Waals surface area contributed by atoms with Crippen LogP contribution in [0.15, 0.2) is 18.3 Å². The molecule has 1 aliphatic heterocycles. The van der Waals surface area contributed by atoms with Crippen LogP contribution in [0.25, 0.3) is 0 Å². The minimum Gasteiger partial charge on any atom is -0.358 e. The number of rotatable bonds is 4. The molecule has 1 aromatic rings. The van der Waals surface area contributed by atoms with E-state index in [0.29, 0.717) is 5.82 Å². The third-order valence-corrected chi connectivity index (χ3v) is 3.36. The van der Waals surface area contributed by atoms with Gasteiger partial charge in [0, 0.05) is 25.4 Å². The lowest BCUT2D eigenvalue weighted by Gasteiger charge is -2.29. The average Bonchev–Trinajstić information content (AvgIpc) is 2.47. The van der Waals surface area contributed by atoms with Gasteiger partial charge in [-0.05, 0) is 26.2 Å². The van der Waals surface area contributed by atoms with Crippen LogP contribution in [0.4, 0.5) is 11.5 Å². The van der Waals surface area contributed by atoms with Crippen molar-refractivity contribution in [1.29, 1.82) is 0 Å². The Morgan fingerprint density at radius 2 is 2.15 bits per heavy atom. The summed E-state index contributed by atoms with van der Waals surface area (Å²) in [5.41, 5.74) is -0.0416. The van der Waals surface area contributed by atoms with E-state index in [4.69, 9.17) is 0 Å². The Balaban J connectivity index is 1.99. The van der Waals surface area contributed by atoms with Crippen molar-refractivity contribution in [2.75, 3.05) is 18.4 Å². The SMILES string of the molecule is CC(Nc1cc([N+](=O)[O-])ccn1)C(=O)N1CCCCC1. The fourth-order valence-electron chi connectivity index (χ4n) is 2.28. The molecule has 0 aliphatic carbocycles. The van der Waals surface area contributed by atoms with Gasteiger partial charge in [-0.1, -0.05) is 0 Å². The summed E-state index contributed by atoms with van der Waals surface area (Å²) in [4.78, 5) is 28.3. The number of amides is 1. The largest absolute Gasteiger partial charge is 0.358 e. The van der Waals surface area contributed by atoms with E-state index < -0.39 is 11.0 Å². The third kappa shape index (κ3) is 3.43. The van der Waals surface area contributed by atoms with Crippen LogP contribution in [0.1, 0.15) is 26.2 Å². The molecule has 0 radical (unpaired) electrons. The number of carbonyl (C=O) groups excluding carboxylic acids is 1. The number of hydrogen-bond donors (Lipinski definition) is 1. The van der Waals surface area contributed by atoms with E-state index in [1.807, 2.05) is 4.90 Å². The van der Waals surface area contributed by atoms with Crippen LogP contribution in [-0.2, 0) is 4.79 Å². The maximum atomic E-state index is 12.2. The van der Waals surface area contributed by atoms with Crippen LogP contribution >= 0.6 is 0 Å². The van der Waals surface area contributed by atoms with Crippen molar-refractivity contribution in [3.63, 3.8) is 0 Å². The first-order valence-corrected chi connectivity index (χ1v) is 6.73. The van der Waals surface area contributed by atoms with E-state index in [-0.39, 0.29) is 11.6 Å². The zero-order valence-electron chi connectivity index (χ0n) is 11.4. The molecule has 2 heterocycles. The predicted octanol–water partition coefficient (Wildman–Crippen LogP) is 1.80. The summed E-state index contributed by atoms with van der Waals surface area (Å²) in [5, 5.41) is 13.6. The van der Waals surface area contributed by atoms with E-state index in [1.165, 1.54) is 18.3 Å². The van der Waals surface area contributed by atoms with Crippen molar-refractivity contribution in [2.24, 2.45) is 0 Å². The first-order valence-electron chi connectivity index (χ1n) is 6.73. The highest BCUT2D eigenvalue weighted by atomic mass is 16.6. The van der Waals surface area contributed by atoms with Gasteiger partial charge in [-0.25, -0.2) is 4.98 Å². The lowest BCUT2D eigenvalue weighted by Crippen LogP contribution is -2.44. The van der Waals surface area contributed by atoms with Gasteiger partial charge in [0.15, 0.2) is 0 Å². The standard InChI is InChI=1S/C13H18N4O3/c1-10(13(18)16-7-3-2-4-8-16)15-12-9-11(17(19)20)5-6-14-12/h5-6,9-10H,2-4,7-8H2,1H3,(H,14,15). The lowest BCUT2D eigenvalue weighted by atomic mass is 10.1. The van der Waals surface area contributed by atoms with Crippen molar-refractivity contribution in [3.8, 4) is 0 Å². The van der Waals surface area contributed by atoms with E-state index in [1.54, 1.807) is 6.92 Å². The van der Waals surface area contributed by atoms with E-state index >= 15 is 0 Å². The van der Waals surface area contributed by atoms with Gasteiger partial charge in [0.1, 0.15) is 11.9 Å². The molecule has 1 atom stereocenters. The van der Waals surface area contributed by atoms with Gasteiger partial charge in [0.05, 0.1) is 11.0 Å². The second kappa shape index (κ2) is 6.31. The molecular formula is C13H18N4O3. The number of carbonyl (C=O) groups is 1. The zero-order valence-corrected chi connectivity index (χ0v) is 11.4. The summed E-state index contributed by atoms with van der Waals surface area (Å²) in [6.45, 7) is 3.32. The fourth-order valence-corrected chi connectivity index (χ4v) is 2.28. The van der Waals surface area contributed by atoms with Gasteiger partial charge in [-0.2, -0.15) is 0 Å². The molecule has 1 N–H and O–H groups in total. The number of nitro groups is 1. The molecular weight excluding hydrogens is 260 g/mol. The smallest absolute Gasteiger partial charge is 0.274 e. The van der Waals surface area contributed by atoms with Crippen LogP contribution in [0.3, 0.4) is 0 Å². The molecule has 0 spiro atoms. The summed E-state index contributed by atoms with van der Waals surface area (Å²) >= 11 is 0. The summed E-state index contributed by atoms with van der Waals surface area (Å²) in [5.74, 6) is 0.357. The summed E-state index contributed by atoms with van der Waals surface area (Å²) in [6.07, 6.45) is 4.59. The topological polar surface area (TPSA) is 88.4 Å². The van der Waals surface area contributed by atoms with Crippen LogP contribution in [0.2, 0.25) is 0 Å². The number of aromatic nitrogens is 1. The van der Waals surface area contributed by atoms with Crippen LogP contribution < -0.4 is 5.32 Å². The lowest BCUT2D eigenvalue weighted by molar-refractivity contribution is -0.384. The van der Waals surface area contributed by atoms with Crippen molar-refractivity contribution in [1.82, 2.24) is 9.88 Å². The highest BCUT2D eigenvalue weighted by Gasteiger charge is 2.22. The molecule has 1 aliphatic rings. The molecule has 0 bridgehead atoms. The molecule has 1 unspecified atom stereocenters. The van der Waals surface area contributed by atoms with Gasteiger partial charge in [0.2, 0.25) is 5.91 Å². The number of pyridine rings is 1. The molecule has 108 valence electrons. The molecule has 20 heavy (non-hydrogen) atoms. The Labute approximate surface area is 117 Å². The second-order valence-electron chi connectivity index (χ2n) is 4.91. The Bertz CT molecular complexity index is 500. The molecule has 1 fully saturated rings. The summed E-state index contributed by atoms with van der Waals surface area (Å²) < 4.78 is 0. The normalized spacial score (nSPS) is 16.6. The van der Waals surface area contributed by atoms with Gasteiger partial charge in [-0.15, -0.1) is 0 Å². The molecule has 0 aromatic carbocycles. The highest BCUT2D eigenvalue weighted by molar-refractivity contribution is 5.84. The Morgan fingerprint density at radius 3 is 2.80 bits per heavy atom. The molecule has 7 heteroatoms. The second-order valence-corrected chi connectivity index (χ2v) is 4.91. The van der Waals surface area contributed by atoms with Gasteiger partial charge in [0.25, 0.3) is 5.69 Å². The zero-order chi connectivity index (χ0) is 14.5. The van der Waals surface area contributed by atoms with Crippen LogP contribution in [-0.4, -0.2) is 39.8 Å². The number of hydrogen-bond acceptors (Lipinski definition) is 5. The van der Waals surface area contributed by atoms with Gasteiger partial charge in [-0.3, -0.25) is 14.9 Å². The van der Waals surface area contributed by atoms with Crippen molar-refractivity contribution < 1.29 is 9.72 Å². The number of anilines is 1. The summed E-state index contributed by atoms with van der Waals surface area (Å²) in [6, 6.07) is 2.21. The maximum absolute atomic E-state index is 12.2. The van der Waals surface area contributed by atoms with E-state index in [2.05, 4.69) is 10.3 Å². The number of nitrogens with zero attached hydrogens (tertiary/aromatic N) is 3. The average molecular weight is 278 g/mol. The van der Waals surface area contributed by atoms with E-state index in [0.717, 1.165) is 32.4 Å². The molecule has 2 rings (SSSR count). The van der Waals surface area contributed by atoms with Crippen molar-refractivity contribution >= 4 is 17.4 Å². The molecule has 1 amide bonds.